The quantitative estimate of drug-likeness (QED) is 0.787. The maximum atomic E-state index is 12.2. The number of urea groups is 1. The Morgan fingerprint density at radius 2 is 2.15 bits per heavy atom. The third kappa shape index (κ3) is 2.12. The van der Waals surface area contributed by atoms with Crippen LogP contribution in [-0.4, -0.2) is 39.3 Å². The molecule has 2 fully saturated rings. The van der Waals surface area contributed by atoms with Crippen molar-refractivity contribution in [2.75, 3.05) is 6.54 Å². The SMILES string of the molecule is CC(C)(C)c1nc(CN2C(=O)[C@H]3CCCN3C2=O)cs1. The Hall–Kier alpha value is -1.43. The first-order valence-electron chi connectivity index (χ1n) is 6.95. The van der Waals surface area contributed by atoms with Crippen LogP contribution in [0, 0.1) is 0 Å². The van der Waals surface area contributed by atoms with Crippen LogP contribution in [0.25, 0.3) is 0 Å². The highest BCUT2D eigenvalue weighted by Crippen LogP contribution is 2.30. The van der Waals surface area contributed by atoms with E-state index in [1.54, 1.807) is 16.2 Å². The van der Waals surface area contributed by atoms with Gasteiger partial charge in [-0.25, -0.2) is 9.78 Å². The van der Waals surface area contributed by atoms with E-state index in [9.17, 15) is 9.59 Å². The van der Waals surface area contributed by atoms with Gasteiger partial charge in [-0.05, 0) is 12.8 Å². The number of fused-ring (bicyclic) bond motifs is 1. The van der Waals surface area contributed by atoms with Gasteiger partial charge in [-0.15, -0.1) is 11.3 Å². The highest BCUT2D eigenvalue weighted by molar-refractivity contribution is 7.09. The Morgan fingerprint density at radius 3 is 2.75 bits per heavy atom. The zero-order chi connectivity index (χ0) is 14.5. The van der Waals surface area contributed by atoms with Gasteiger partial charge in [0.1, 0.15) is 6.04 Å². The van der Waals surface area contributed by atoms with Crippen molar-refractivity contribution in [2.24, 2.45) is 0 Å². The molecule has 0 N–H and O–H groups in total. The van der Waals surface area contributed by atoms with E-state index < -0.39 is 0 Å². The molecule has 0 aromatic carbocycles. The second kappa shape index (κ2) is 4.55. The molecule has 3 rings (SSSR count). The van der Waals surface area contributed by atoms with Gasteiger partial charge in [0.15, 0.2) is 0 Å². The molecule has 0 bridgehead atoms. The summed E-state index contributed by atoms with van der Waals surface area (Å²) >= 11 is 1.59. The van der Waals surface area contributed by atoms with Crippen LogP contribution in [-0.2, 0) is 16.8 Å². The molecule has 1 aromatic rings. The van der Waals surface area contributed by atoms with Gasteiger partial charge in [-0.1, -0.05) is 20.8 Å². The van der Waals surface area contributed by atoms with E-state index in [1.807, 2.05) is 5.38 Å². The first-order chi connectivity index (χ1) is 9.38. The molecular weight excluding hydrogens is 274 g/mol. The lowest BCUT2D eigenvalue weighted by Crippen LogP contribution is -2.32. The lowest BCUT2D eigenvalue weighted by molar-refractivity contribution is -0.128. The highest BCUT2D eigenvalue weighted by atomic mass is 32.1. The van der Waals surface area contributed by atoms with Crippen molar-refractivity contribution in [2.45, 2.75) is 51.6 Å². The molecule has 2 aliphatic heterocycles. The zero-order valence-corrected chi connectivity index (χ0v) is 12.9. The summed E-state index contributed by atoms with van der Waals surface area (Å²) in [5.74, 6) is -0.0576. The minimum atomic E-state index is -0.219. The average molecular weight is 293 g/mol. The Bertz CT molecular complexity index is 539. The van der Waals surface area contributed by atoms with Gasteiger partial charge in [0, 0.05) is 17.3 Å². The van der Waals surface area contributed by atoms with E-state index in [0.29, 0.717) is 13.1 Å². The first kappa shape index (κ1) is 13.5. The lowest BCUT2D eigenvalue weighted by atomic mass is 9.98. The van der Waals surface area contributed by atoms with Crippen molar-refractivity contribution in [3.63, 3.8) is 0 Å². The minimum Gasteiger partial charge on any atom is -0.312 e. The molecule has 0 unspecified atom stereocenters. The molecule has 0 aliphatic carbocycles. The fraction of sp³-hybridized carbons (Fsp3) is 0.643. The molecule has 6 heteroatoms. The highest BCUT2D eigenvalue weighted by Gasteiger charge is 2.47. The Labute approximate surface area is 122 Å². The van der Waals surface area contributed by atoms with Gasteiger partial charge in [-0.2, -0.15) is 0 Å². The van der Waals surface area contributed by atoms with Gasteiger partial charge in [0.25, 0.3) is 5.91 Å². The number of aromatic nitrogens is 1. The van der Waals surface area contributed by atoms with Crippen LogP contribution >= 0.6 is 11.3 Å². The summed E-state index contributed by atoms with van der Waals surface area (Å²) < 4.78 is 0. The summed E-state index contributed by atoms with van der Waals surface area (Å²) in [4.78, 5) is 32.1. The summed E-state index contributed by atoms with van der Waals surface area (Å²) in [6, 6.07) is -0.369. The number of carbonyl (C=O) groups excluding carboxylic acids is 2. The van der Waals surface area contributed by atoms with Gasteiger partial charge in [-0.3, -0.25) is 9.69 Å². The Balaban J connectivity index is 1.77. The minimum absolute atomic E-state index is 0.00194. The number of imide groups is 1. The molecule has 1 atom stereocenters. The fourth-order valence-electron chi connectivity index (χ4n) is 2.71. The maximum Gasteiger partial charge on any atom is 0.327 e. The molecule has 5 nitrogen and oxygen atoms in total. The van der Waals surface area contributed by atoms with E-state index in [4.69, 9.17) is 0 Å². The van der Waals surface area contributed by atoms with Crippen LogP contribution in [0.3, 0.4) is 0 Å². The van der Waals surface area contributed by atoms with Crippen LogP contribution in [0.2, 0.25) is 0 Å². The summed E-state index contributed by atoms with van der Waals surface area (Å²) in [5, 5.41) is 2.98. The summed E-state index contributed by atoms with van der Waals surface area (Å²) in [6.07, 6.45) is 1.73. The predicted molar refractivity (Wildman–Crippen MR) is 76.5 cm³/mol. The molecule has 20 heavy (non-hydrogen) atoms. The fourth-order valence-corrected chi connectivity index (χ4v) is 3.61. The summed E-state index contributed by atoms with van der Waals surface area (Å²) in [5.41, 5.74) is 0.810. The lowest BCUT2D eigenvalue weighted by Gasteiger charge is -2.15. The Morgan fingerprint density at radius 1 is 1.40 bits per heavy atom. The van der Waals surface area contributed by atoms with Crippen LogP contribution < -0.4 is 0 Å². The average Bonchev–Trinajstić information content (AvgIpc) is 3.05. The van der Waals surface area contributed by atoms with Crippen molar-refractivity contribution in [1.29, 1.82) is 0 Å². The third-order valence-electron chi connectivity index (χ3n) is 3.79. The monoisotopic (exact) mass is 293 g/mol. The molecule has 3 heterocycles. The molecule has 0 saturated carbocycles. The van der Waals surface area contributed by atoms with Gasteiger partial charge >= 0.3 is 6.03 Å². The number of carbonyl (C=O) groups is 2. The number of thiazole rings is 1. The standard InChI is InChI=1S/C14H19N3O2S/c1-14(2,3)12-15-9(8-20-12)7-17-11(18)10-5-4-6-16(10)13(17)19/h8,10H,4-7H2,1-3H3/t10-/m1/s1. The number of hydrogen-bond donors (Lipinski definition) is 0. The van der Waals surface area contributed by atoms with Gasteiger partial charge < -0.3 is 4.90 Å². The summed E-state index contributed by atoms with van der Waals surface area (Å²) in [6.45, 7) is 7.33. The van der Waals surface area contributed by atoms with Crippen LogP contribution in [0.1, 0.15) is 44.3 Å². The third-order valence-corrected chi connectivity index (χ3v) is 5.11. The molecule has 2 aliphatic rings. The molecule has 3 amide bonds. The second-order valence-corrected chi connectivity index (χ2v) is 7.31. The van der Waals surface area contributed by atoms with Crippen LogP contribution in [0.4, 0.5) is 4.79 Å². The van der Waals surface area contributed by atoms with Crippen LogP contribution in [0.15, 0.2) is 5.38 Å². The van der Waals surface area contributed by atoms with Crippen molar-refractivity contribution in [1.82, 2.24) is 14.8 Å². The molecule has 0 radical (unpaired) electrons. The van der Waals surface area contributed by atoms with E-state index in [0.717, 1.165) is 23.5 Å². The molecule has 2 saturated heterocycles. The number of nitrogens with zero attached hydrogens (tertiary/aromatic N) is 3. The Kier molecular flexibility index (Phi) is 3.08. The summed E-state index contributed by atoms with van der Waals surface area (Å²) in [7, 11) is 0. The molecular formula is C14H19N3O2S. The van der Waals surface area contributed by atoms with Crippen molar-refractivity contribution in [3.8, 4) is 0 Å². The van der Waals surface area contributed by atoms with Gasteiger partial charge in [0.2, 0.25) is 0 Å². The van der Waals surface area contributed by atoms with Crippen molar-refractivity contribution in [3.05, 3.63) is 16.1 Å². The zero-order valence-electron chi connectivity index (χ0n) is 12.0. The number of rotatable bonds is 2. The number of amides is 3. The molecule has 1 aromatic heterocycles. The maximum absolute atomic E-state index is 12.2. The first-order valence-corrected chi connectivity index (χ1v) is 7.83. The normalized spacial score (nSPS) is 22.9. The van der Waals surface area contributed by atoms with Crippen LogP contribution in [0.5, 0.6) is 0 Å². The van der Waals surface area contributed by atoms with E-state index >= 15 is 0 Å². The second-order valence-electron chi connectivity index (χ2n) is 6.45. The van der Waals surface area contributed by atoms with Gasteiger partial charge in [0.05, 0.1) is 17.2 Å². The topological polar surface area (TPSA) is 53.5 Å². The smallest absolute Gasteiger partial charge is 0.312 e. The van der Waals surface area contributed by atoms with Crippen molar-refractivity contribution < 1.29 is 9.59 Å². The largest absolute Gasteiger partial charge is 0.327 e. The van der Waals surface area contributed by atoms with Crippen molar-refractivity contribution >= 4 is 23.3 Å². The number of hydrogen-bond acceptors (Lipinski definition) is 4. The van der Waals surface area contributed by atoms with E-state index in [-0.39, 0.29) is 23.4 Å². The molecule has 0 spiro atoms. The van der Waals surface area contributed by atoms with E-state index in [2.05, 4.69) is 25.8 Å². The van der Waals surface area contributed by atoms with E-state index in [1.165, 1.54) is 4.90 Å². The predicted octanol–water partition coefficient (Wildman–Crippen LogP) is 2.37. The molecule has 108 valence electrons.